The third-order valence-corrected chi connectivity index (χ3v) is 8.10. The zero-order chi connectivity index (χ0) is 28.6. The van der Waals surface area contributed by atoms with Gasteiger partial charge in [0.2, 0.25) is 12.2 Å². The van der Waals surface area contributed by atoms with Crippen molar-refractivity contribution >= 4 is 22.9 Å². The van der Waals surface area contributed by atoms with Gasteiger partial charge in [0, 0.05) is 41.7 Å². The topological polar surface area (TPSA) is 122 Å². The molecular formula is C25H26F3N5O6S. The number of rotatable bonds is 6. The zero-order valence-electron chi connectivity index (χ0n) is 21.6. The number of thiazole rings is 1. The first kappa shape index (κ1) is 28.0. The lowest BCUT2D eigenvalue weighted by molar-refractivity contribution is -0.386. The summed E-state index contributed by atoms with van der Waals surface area (Å²) in [5.41, 5.74) is 0.709. The Bertz CT molecular complexity index is 1420. The lowest BCUT2D eigenvalue weighted by Gasteiger charge is -2.31. The van der Waals surface area contributed by atoms with E-state index in [0.29, 0.717) is 48.5 Å². The molecule has 0 aliphatic carbocycles. The fraction of sp³-hybridized carbons (Fsp3) is 0.480. The Balaban J connectivity index is 1.19. The number of nitrogens with zero attached hydrogens (tertiary/aromatic N) is 5. The summed E-state index contributed by atoms with van der Waals surface area (Å²) in [7, 11) is 1.48. The van der Waals surface area contributed by atoms with Gasteiger partial charge in [0.05, 0.1) is 35.8 Å². The molecule has 0 saturated carbocycles. The first-order valence-electron chi connectivity index (χ1n) is 12.5. The standard InChI is InChI=1S/C25H26F3N5O6S/c1-14-9-21(25(26,27)28)30-32(14)10-22(34)31-7-5-15(6-8-31)23-29-18(13-40-23)24-38-11-16-17(12-39-24)20(37-2)4-3-19(16)33(35)36/h3-4,9,13,15,24H,5-8,10-12H2,1-2H3. The third-order valence-electron chi connectivity index (χ3n) is 7.07. The van der Waals surface area contributed by atoms with E-state index in [2.05, 4.69) is 5.10 Å². The Kier molecular flexibility index (Phi) is 7.79. The highest BCUT2D eigenvalue weighted by Crippen LogP contribution is 2.38. The zero-order valence-corrected chi connectivity index (χ0v) is 22.5. The number of benzene rings is 1. The lowest BCUT2D eigenvalue weighted by Crippen LogP contribution is -2.40. The molecule has 4 heterocycles. The van der Waals surface area contributed by atoms with Gasteiger partial charge in [-0.25, -0.2) is 4.98 Å². The molecule has 214 valence electrons. The van der Waals surface area contributed by atoms with Crippen LogP contribution in [0.1, 0.15) is 58.3 Å². The largest absolute Gasteiger partial charge is 0.496 e. The molecule has 2 aliphatic heterocycles. The van der Waals surface area contributed by atoms with E-state index in [1.165, 1.54) is 37.5 Å². The van der Waals surface area contributed by atoms with Crippen molar-refractivity contribution in [1.82, 2.24) is 19.7 Å². The highest BCUT2D eigenvalue weighted by Gasteiger charge is 2.35. The molecule has 40 heavy (non-hydrogen) atoms. The number of carbonyl (C=O) groups excluding carboxylic acids is 1. The van der Waals surface area contributed by atoms with Gasteiger partial charge in [-0.3, -0.25) is 19.6 Å². The van der Waals surface area contributed by atoms with E-state index in [0.717, 1.165) is 15.8 Å². The maximum absolute atomic E-state index is 12.9. The first-order valence-corrected chi connectivity index (χ1v) is 13.3. The van der Waals surface area contributed by atoms with Crippen LogP contribution in [0.3, 0.4) is 0 Å². The number of fused-ring (bicyclic) bond motifs is 1. The Morgan fingerprint density at radius 2 is 1.93 bits per heavy atom. The van der Waals surface area contributed by atoms with Crippen molar-refractivity contribution in [3.63, 3.8) is 0 Å². The quantitative estimate of drug-likeness (QED) is 0.302. The average Bonchev–Trinajstić information content (AvgIpc) is 3.49. The van der Waals surface area contributed by atoms with Gasteiger partial charge in [-0.05, 0) is 31.9 Å². The van der Waals surface area contributed by atoms with Gasteiger partial charge in [-0.15, -0.1) is 11.3 Å². The van der Waals surface area contributed by atoms with Crippen LogP contribution >= 0.6 is 11.3 Å². The summed E-state index contributed by atoms with van der Waals surface area (Å²) in [5, 5.41) is 17.7. The van der Waals surface area contributed by atoms with Gasteiger partial charge in [0.25, 0.3) is 5.69 Å². The van der Waals surface area contributed by atoms with Crippen LogP contribution in [0.25, 0.3) is 0 Å². The van der Waals surface area contributed by atoms with Gasteiger partial charge in [0.15, 0.2) is 5.69 Å². The summed E-state index contributed by atoms with van der Waals surface area (Å²) in [6, 6.07) is 3.85. The Morgan fingerprint density at radius 1 is 1.23 bits per heavy atom. The molecule has 3 aromatic rings. The van der Waals surface area contributed by atoms with Crippen molar-refractivity contribution in [3.8, 4) is 5.75 Å². The second kappa shape index (κ2) is 11.1. The van der Waals surface area contributed by atoms with Gasteiger partial charge in [0.1, 0.15) is 18.0 Å². The molecule has 11 nitrogen and oxygen atoms in total. The van der Waals surface area contributed by atoms with Crippen LogP contribution in [0.5, 0.6) is 5.75 Å². The fourth-order valence-electron chi connectivity index (χ4n) is 4.89. The number of aromatic nitrogens is 3. The van der Waals surface area contributed by atoms with Gasteiger partial charge >= 0.3 is 6.18 Å². The van der Waals surface area contributed by atoms with Crippen LogP contribution in [0.4, 0.5) is 18.9 Å². The normalized spacial score (nSPS) is 18.3. The number of ether oxygens (including phenoxy) is 3. The fourth-order valence-corrected chi connectivity index (χ4v) is 5.88. The van der Waals surface area contributed by atoms with E-state index >= 15 is 0 Å². The first-order chi connectivity index (χ1) is 19.0. The van der Waals surface area contributed by atoms with E-state index in [4.69, 9.17) is 19.2 Å². The maximum atomic E-state index is 12.9. The molecule has 1 amide bonds. The Labute approximate surface area is 230 Å². The summed E-state index contributed by atoms with van der Waals surface area (Å²) in [4.78, 5) is 30.2. The summed E-state index contributed by atoms with van der Waals surface area (Å²) in [6.45, 7) is 2.13. The van der Waals surface area contributed by atoms with Crippen LogP contribution in [-0.2, 0) is 40.2 Å². The summed E-state index contributed by atoms with van der Waals surface area (Å²) >= 11 is 1.45. The maximum Gasteiger partial charge on any atom is 0.435 e. The second-order valence-corrected chi connectivity index (χ2v) is 10.4. The lowest BCUT2D eigenvalue weighted by atomic mass is 9.97. The van der Waals surface area contributed by atoms with Gasteiger partial charge in [-0.1, -0.05) is 0 Å². The number of alkyl halides is 3. The number of nitro benzene ring substituents is 1. The molecule has 1 saturated heterocycles. The number of likely N-dealkylation sites (tertiary alicyclic amines) is 1. The molecule has 1 fully saturated rings. The number of amides is 1. The predicted octanol–water partition coefficient (Wildman–Crippen LogP) is 4.74. The smallest absolute Gasteiger partial charge is 0.435 e. The number of aryl methyl sites for hydroxylation is 1. The third kappa shape index (κ3) is 5.67. The molecule has 5 rings (SSSR count). The average molecular weight is 582 g/mol. The summed E-state index contributed by atoms with van der Waals surface area (Å²) < 4.78 is 57.0. The van der Waals surface area contributed by atoms with Crippen LogP contribution in [-0.4, -0.2) is 50.7 Å². The van der Waals surface area contributed by atoms with E-state index in [1.54, 1.807) is 4.90 Å². The molecule has 1 aromatic carbocycles. The van der Waals surface area contributed by atoms with Gasteiger partial charge < -0.3 is 19.1 Å². The molecule has 2 aromatic heterocycles. The number of nitro groups is 1. The van der Waals surface area contributed by atoms with Crippen molar-refractivity contribution in [1.29, 1.82) is 0 Å². The van der Waals surface area contributed by atoms with Gasteiger partial charge in [-0.2, -0.15) is 18.3 Å². The van der Waals surface area contributed by atoms with Crippen molar-refractivity contribution in [2.45, 2.75) is 57.9 Å². The number of hydrogen-bond donors (Lipinski definition) is 0. The van der Waals surface area contributed by atoms with E-state index in [9.17, 15) is 28.1 Å². The molecule has 1 atom stereocenters. The monoisotopic (exact) mass is 581 g/mol. The number of hydrogen-bond acceptors (Lipinski definition) is 9. The van der Waals surface area contributed by atoms with E-state index in [-0.39, 0.29) is 43.0 Å². The number of methoxy groups -OCH3 is 1. The minimum absolute atomic E-state index is 0.0406. The number of halogens is 3. The molecule has 0 spiro atoms. The Hall–Kier alpha value is -3.56. The molecule has 0 radical (unpaired) electrons. The van der Waals surface area contributed by atoms with Crippen LogP contribution in [0.2, 0.25) is 0 Å². The van der Waals surface area contributed by atoms with Crippen molar-refractivity contribution < 1.29 is 37.1 Å². The molecule has 2 aliphatic rings. The van der Waals surface area contributed by atoms with E-state index in [1.807, 2.05) is 5.38 Å². The SMILES string of the molecule is COc1ccc([N+](=O)[O-])c2c1COC(c1csc(C3CCN(C(=O)Cn4nc(C(F)(F)F)cc4C)CC3)n1)OC2. The minimum Gasteiger partial charge on any atom is -0.496 e. The van der Waals surface area contributed by atoms with Crippen LogP contribution in [0.15, 0.2) is 23.6 Å². The summed E-state index contributed by atoms with van der Waals surface area (Å²) in [6.07, 6.45) is -4.09. The van der Waals surface area contributed by atoms with Crippen molar-refractivity contribution in [3.05, 3.63) is 66.9 Å². The molecular weight excluding hydrogens is 555 g/mol. The molecule has 15 heteroatoms. The van der Waals surface area contributed by atoms with Crippen molar-refractivity contribution in [2.75, 3.05) is 20.2 Å². The van der Waals surface area contributed by atoms with Crippen molar-refractivity contribution in [2.24, 2.45) is 0 Å². The minimum atomic E-state index is -4.56. The van der Waals surface area contributed by atoms with Crippen LogP contribution < -0.4 is 4.74 Å². The second-order valence-electron chi connectivity index (χ2n) is 9.55. The molecule has 0 bridgehead atoms. The highest BCUT2D eigenvalue weighted by atomic mass is 32.1. The number of carbonyl (C=O) groups is 1. The highest BCUT2D eigenvalue weighted by molar-refractivity contribution is 7.09. The predicted molar refractivity (Wildman–Crippen MR) is 135 cm³/mol. The Morgan fingerprint density at radius 3 is 2.55 bits per heavy atom. The molecule has 0 N–H and O–H groups in total. The summed E-state index contributed by atoms with van der Waals surface area (Å²) in [5.74, 6) is 0.284. The molecule has 1 unspecified atom stereocenters. The van der Waals surface area contributed by atoms with Crippen LogP contribution in [0, 0.1) is 17.0 Å². The number of piperidine rings is 1. The van der Waals surface area contributed by atoms with E-state index < -0.39 is 23.1 Å².